The zero-order valence-electron chi connectivity index (χ0n) is 11.8. The van der Waals surface area contributed by atoms with Crippen molar-refractivity contribution in [3.05, 3.63) is 0 Å². The maximum atomic E-state index is 3.80. The maximum Gasteiger partial charge on any atom is 0.0252 e. The van der Waals surface area contributed by atoms with Crippen LogP contribution in [0.1, 0.15) is 65.2 Å². The average molecular weight is 238 g/mol. The van der Waals surface area contributed by atoms with Gasteiger partial charge in [-0.3, -0.25) is 4.90 Å². The fourth-order valence-corrected chi connectivity index (χ4v) is 3.81. The molecule has 0 radical (unpaired) electrons. The number of nitrogens with one attached hydrogen (secondary N) is 1. The fourth-order valence-electron chi connectivity index (χ4n) is 3.81. The van der Waals surface area contributed by atoms with Gasteiger partial charge in [-0.2, -0.15) is 0 Å². The Bertz CT molecular complexity index is 217. The molecule has 17 heavy (non-hydrogen) atoms. The summed E-state index contributed by atoms with van der Waals surface area (Å²) in [7, 11) is 0. The lowest BCUT2D eigenvalue weighted by Gasteiger charge is -2.41. The molecular formula is C15H30N2. The molecule has 2 fully saturated rings. The molecule has 0 aromatic heterocycles. The minimum absolute atomic E-state index is 0.774. The topological polar surface area (TPSA) is 15.3 Å². The maximum absolute atomic E-state index is 3.80. The van der Waals surface area contributed by atoms with Crippen LogP contribution in [0.4, 0.5) is 0 Å². The molecule has 2 aliphatic rings. The second-order valence-electron chi connectivity index (χ2n) is 5.85. The van der Waals surface area contributed by atoms with Gasteiger partial charge in [0.2, 0.25) is 0 Å². The van der Waals surface area contributed by atoms with Crippen molar-refractivity contribution in [1.29, 1.82) is 0 Å². The van der Waals surface area contributed by atoms with Gasteiger partial charge in [0.05, 0.1) is 0 Å². The van der Waals surface area contributed by atoms with Gasteiger partial charge in [-0.1, -0.05) is 26.7 Å². The number of likely N-dealkylation sites (tertiary alicyclic amines) is 1. The lowest BCUT2D eigenvalue weighted by molar-refractivity contribution is 0.107. The Morgan fingerprint density at radius 2 is 1.88 bits per heavy atom. The van der Waals surface area contributed by atoms with E-state index < -0.39 is 0 Å². The van der Waals surface area contributed by atoms with Gasteiger partial charge in [-0.15, -0.1) is 0 Å². The van der Waals surface area contributed by atoms with Crippen molar-refractivity contribution in [2.24, 2.45) is 0 Å². The highest BCUT2D eigenvalue weighted by molar-refractivity contribution is 4.93. The summed E-state index contributed by atoms with van der Waals surface area (Å²) < 4.78 is 0. The van der Waals surface area contributed by atoms with E-state index in [0.29, 0.717) is 0 Å². The smallest absolute Gasteiger partial charge is 0.0252 e. The Morgan fingerprint density at radius 3 is 2.65 bits per heavy atom. The molecule has 0 amide bonds. The second kappa shape index (κ2) is 6.75. The van der Waals surface area contributed by atoms with E-state index in [2.05, 4.69) is 24.1 Å². The van der Waals surface area contributed by atoms with Crippen LogP contribution in [0.5, 0.6) is 0 Å². The van der Waals surface area contributed by atoms with Crippen LogP contribution in [0.2, 0.25) is 0 Å². The number of rotatable bonds is 5. The SMILES string of the molecule is CCCNC1CCCCC1N1CCCC1CC. The molecule has 2 nitrogen and oxygen atoms in total. The molecule has 1 aliphatic carbocycles. The standard InChI is InChI=1S/C15H30N2/c1-3-11-16-14-9-5-6-10-15(14)17-12-7-8-13(17)4-2/h13-16H,3-12H2,1-2H3. The third-order valence-electron chi connectivity index (χ3n) is 4.71. The Morgan fingerprint density at radius 1 is 1.06 bits per heavy atom. The van der Waals surface area contributed by atoms with Crippen LogP contribution in [0, 0.1) is 0 Å². The number of nitrogens with zero attached hydrogens (tertiary/aromatic N) is 1. The number of hydrogen-bond donors (Lipinski definition) is 1. The molecule has 3 unspecified atom stereocenters. The van der Waals surface area contributed by atoms with E-state index >= 15 is 0 Å². The van der Waals surface area contributed by atoms with Gasteiger partial charge in [0.25, 0.3) is 0 Å². The summed E-state index contributed by atoms with van der Waals surface area (Å²) in [5.74, 6) is 0. The minimum atomic E-state index is 0.774. The van der Waals surface area contributed by atoms with Crippen LogP contribution in [0.15, 0.2) is 0 Å². The normalized spacial score (nSPS) is 35.3. The van der Waals surface area contributed by atoms with Gasteiger partial charge < -0.3 is 5.32 Å². The highest BCUT2D eigenvalue weighted by Gasteiger charge is 2.35. The largest absolute Gasteiger partial charge is 0.312 e. The Balaban J connectivity index is 1.94. The third-order valence-corrected chi connectivity index (χ3v) is 4.71. The average Bonchev–Trinajstić information content (AvgIpc) is 2.84. The molecule has 1 saturated heterocycles. The molecule has 1 aliphatic heterocycles. The lowest BCUT2D eigenvalue weighted by Crippen LogP contribution is -2.53. The molecule has 100 valence electrons. The van der Waals surface area contributed by atoms with E-state index in [0.717, 1.165) is 18.1 Å². The molecule has 0 spiro atoms. The van der Waals surface area contributed by atoms with Crippen molar-refractivity contribution in [3.8, 4) is 0 Å². The second-order valence-corrected chi connectivity index (χ2v) is 5.85. The van der Waals surface area contributed by atoms with Crippen molar-refractivity contribution < 1.29 is 0 Å². The zero-order valence-corrected chi connectivity index (χ0v) is 11.8. The minimum Gasteiger partial charge on any atom is -0.312 e. The van der Waals surface area contributed by atoms with Crippen molar-refractivity contribution >= 4 is 0 Å². The molecule has 0 aromatic carbocycles. The molecule has 1 heterocycles. The van der Waals surface area contributed by atoms with E-state index in [4.69, 9.17) is 0 Å². The van der Waals surface area contributed by atoms with Crippen LogP contribution in [-0.2, 0) is 0 Å². The van der Waals surface area contributed by atoms with Gasteiger partial charge in [-0.25, -0.2) is 0 Å². The van der Waals surface area contributed by atoms with Gasteiger partial charge in [0.15, 0.2) is 0 Å². The number of hydrogen-bond acceptors (Lipinski definition) is 2. The molecule has 1 saturated carbocycles. The van der Waals surface area contributed by atoms with Crippen molar-refractivity contribution in [2.45, 2.75) is 83.3 Å². The summed E-state index contributed by atoms with van der Waals surface area (Å²) in [5, 5.41) is 3.80. The highest BCUT2D eigenvalue weighted by Crippen LogP contribution is 2.30. The molecule has 2 heteroatoms. The van der Waals surface area contributed by atoms with Gasteiger partial charge >= 0.3 is 0 Å². The quantitative estimate of drug-likeness (QED) is 0.791. The van der Waals surface area contributed by atoms with Crippen molar-refractivity contribution in [2.75, 3.05) is 13.1 Å². The molecule has 1 N–H and O–H groups in total. The Labute approximate surface area is 107 Å². The van der Waals surface area contributed by atoms with Crippen LogP contribution in [0.25, 0.3) is 0 Å². The van der Waals surface area contributed by atoms with Gasteiger partial charge in [0.1, 0.15) is 0 Å². The Kier molecular flexibility index (Phi) is 5.30. The van der Waals surface area contributed by atoms with E-state index in [1.807, 2.05) is 0 Å². The van der Waals surface area contributed by atoms with E-state index in [9.17, 15) is 0 Å². The van der Waals surface area contributed by atoms with Crippen LogP contribution >= 0.6 is 0 Å². The molecule has 0 aromatic rings. The first kappa shape index (κ1) is 13.4. The third kappa shape index (κ3) is 3.23. The fraction of sp³-hybridized carbons (Fsp3) is 1.00. The summed E-state index contributed by atoms with van der Waals surface area (Å²) >= 11 is 0. The predicted octanol–water partition coefficient (Wildman–Crippen LogP) is 3.17. The first-order valence-electron chi connectivity index (χ1n) is 7.86. The van der Waals surface area contributed by atoms with Crippen LogP contribution in [0.3, 0.4) is 0 Å². The van der Waals surface area contributed by atoms with Gasteiger partial charge in [-0.05, 0) is 51.6 Å². The molecule has 0 bridgehead atoms. The van der Waals surface area contributed by atoms with Gasteiger partial charge in [0, 0.05) is 18.1 Å². The summed E-state index contributed by atoms with van der Waals surface area (Å²) in [6.45, 7) is 7.19. The first-order chi connectivity index (χ1) is 8.36. The summed E-state index contributed by atoms with van der Waals surface area (Å²) in [6.07, 6.45) is 11.2. The van der Waals surface area contributed by atoms with E-state index in [1.165, 1.54) is 64.5 Å². The van der Waals surface area contributed by atoms with Crippen LogP contribution in [-0.4, -0.2) is 36.1 Å². The lowest BCUT2D eigenvalue weighted by atomic mass is 9.88. The molecular weight excluding hydrogens is 208 g/mol. The van der Waals surface area contributed by atoms with Crippen LogP contribution < -0.4 is 5.32 Å². The molecule has 2 rings (SSSR count). The van der Waals surface area contributed by atoms with Crippen molar-refractivity contribution in [3.63, 3.8) is 0 Å². The van der Waals surface area contributed by atoms with E-state index in [-0.39, 0.29) is 0 Å². The highest BCUT2D eigenvalue weighted by atomic mass is 15.2. The molecule has 3 atom stereocenters. The first-order valence-corrected chi connectivity index (χ1v) is 7.86. The van der Waals surface area contributed by atoms with E-state index in [1.54, 1.807) is 0 Å². The summed E-state index contributed by atoms with van der Waals surface area (Å²) in [6, 6.07) is 2.49. The van der Waals surface area contributed by atoms with Crippen molar-refractivity contribution in [1.82, 2.24) is 10.2 Å². The monoisotopic (exact) mass is 238 g/mol. The zero-order chi connectivity index (χ0) is 12.1. The summed E-state index contributed by atoms with van der Waals surface area (Å²) in [4.78, 5) is 2.84. The predicted molar refractivity (Wildman–Crippen MR) is 74.4 cm³/mol. The summed E-state index contributed by atoms with van der Waals surface area (Å²) in [5.41, 5.74) is 0. The Hall–Kier alpha value is -0.0800.